The number of carbonyl (C=O) groups is 6. The van der Waals surface area contributed by atoms with Crippen LogP contribution < -0.4 is 9.80 Å². The molecule has 5 heterocycles. The van der Waals surface area contributed by atoms with Crippen LogP contribution in [0.15, 0.2) is 91.1 Å². The molecule has 4 saturated heterocycles. The summed E-state index contributed by atoms with van der Waals surface area (Å²) in [6.07, 6.45) is 6.80. The number of pyridine rings is 1. The molecule has 8 rings (SSSR count). The van der Waals surface area contributed by atoms with Gasteiger partial charge in [0.25, 0.3) is 0 Å². The van der Waals surface area contributed by atoms with Gasteiger partial charge in [0, 0.05) is 56.5 Å². The molecule has 0 bridgehead atoms. The van der Waals surface area contributed by atoms with E-state index in [0.717, 1.165) is 83.7 Å². The number of morpholine rings is 1. The molecule has 0 unspecified atom stereocenters. The summed E-state index contributed by atoms with van der Waals surface area (Å²) in [7, 11) is 2.65. The highest BCUT2D eigenvalue weighted by Crippen LogP contribution is 2.47. The third kappa shape index (κ3) is 12.3. The number of hydrogen-bond donors (Lipinski definition) is 0. The summed E-state index contributed by atoms with van der Waals surface area (Å²) in [5, 5.41) is 0. The number of amides is 2. The predicted octanol–water partition coefficient (Wildman–Crippen LogP) is 8.54. The smallest absolute Gasteiger partial charge is 0.306 e. The van der Waals surface area contributed by atoms with Crippen molar-refractivity contribution in [1.29, 1.82) is 0 Å². The molecule has 73 heavy (non-hydrogen) atoms. The van der Waals surface area contributed by atoms with Gasteiger partial charge in [-0.3, -0.25) is 28.8 Å². The van der Waals surface area contributed by atoms with E-state index < -0.39 is 35.9 Å². The van der Waals surface area contributed by atoms with Crippen molar-refractivity contribution < 1.29 is 43.0 Å². The van der Waals surface area contributed by atoms with E-state index in [0.29, 0.717) is 39.1 Å². The Morgan fingerprint density at radius 1 is 0.575 bits per heavy atom. The number of rotatable bonds is 19. The average Bonchev–Trinajstić information content (AvgIpc) is 4.21. The average molecular weight is 996 g/mol. The number of hydrogen-bond acceptors (Lipinski definition) is 12. The van der Waals surface area contributed by atoms with E-state index >= 15 is 0 Å². The SMILES string of the molecule is COC(=O)C[C@H](C(=O)N1CCC[C@H]1C(=O)Cc1ccc([C@H]2CC[C@H](c3ccc(CC(=O)[C@@H]4CCCN4C(=O)[C@@H](CC(=O)OC)C(C)C)cc3)N2c2ccc(-c3ccc(N4CCOCC4)nc3)cc2)cc1)C(C)C. The van der Waals surface area contributed by atoms with E-state index in [1.165, 1.54) is 14.2 Å². The Hall–Kier alpha value is -6.41. The molecule has 1 aromatic heterocycles. The number of benzene rings is 3. The van der Waals surface area contributed by atoms with Gasteiger partial charge in [-0.25, -0.2) is 4.98 Å². The fourth-order valence-electron chi connectivity index (χ4n) is 11.4. The number of carbonyl (C=O) groups excluding carboxylic acids is 6. The van der Waals surface area contributed by atoms with Gasteiger partial charge < -0.3 is 33.8 Å². The molecule has 14 heteroatoms. The van der Waals surface area contributed by atoms with Crippen molar-refractivity contribution >= 4 is 46.8 Å². The Morgan fingerprint density at radius 3 is 1.44 bits per heavy atom. The first-order chi connectivity index (χ1) is 35.2. The van der Waals surface area contributed by atoms with Gasteiger partial charge >= 0.3 is 11.9 Å². The van der Waals surface area contributed by atoms with Crippen LogP contribution in [0, 0.1) is 23.7 Å². The second-order valence-corrected chi connectivity index (χ2v) is 21.0. The van der Waals surface area contributed by atoms with Crippen molar-refractivity contribution in [2.24, 2.45) is 23.7 Å². The highest BCUT2D eigenvalue weighted by atomic mass is 16.5. The number of methoxy groups -OCH3 is 2. The lowest BCUT2D eigenvalue weighted by molar-refractivity contribution is -0.149. The third-order valence-corrected chi connectivity index (χ3v) is 15.7. The summed E-state index contributed by atoms with van der Waals surface area (Å²) in [4.78, 5) is 92.7. The first kappa shape index (κ1) is 52.9. The number of aromatic nitrogens is 1. The zero-order valence-electron chi connectivity index (χ0n) is 43.5. The quantitative estimate of drug-likeness (QED) is 0.0827. The second-order valence-electron chi connectivity index (χ2n) is 21.0. The molecule has 0 saturated carbocycles. The normalized spacial score (nSPS) is 20.9. The fourth-order valence-corrected chi connectivity index (χ4v) is 11.4. The largest absolute Gasteiger partial charge is 0.469 e. The molecule has 6 atom stereocenters. The lowest BCUT2D eigenvalue weighted by Crippen LogP contribution is -2.45. The summed E-state index contributed by atoms with van der Waals surface area (Å²) >= 11 is 0. The van der Waals surface area contributed by atoms with Gasteiger partial charge in [-0.1, -0.05) is 88.4 Å². The summed E-state index contributed by atoms with van der Waals surface area (Å²) in [6, 6.07) is 28.6. The Kier molecular flexibility index (Phi) is 17.5. The van der Waals surface area contributed by atoms with Crippen LogP contribution in [0.1, 0.15) is 113 Å². The van der Waals surface area contributed by atoms with Crippen molar-refractivity contribution in [3.05, 3.63) is 113 Å². The molecule has 14 nitrogen and oxygen atoms in total. The number of Topliss-reactive ketones (excluding diaryl/α,β-unsaturated/α-hetero) is 2. The predicted molar refractivity (Wildman–Crippen MR) is 280 cm³/mol. The Morgan fingerprint density at radius 2 is 1.03 bits per heavy atom. The molecular formula is C59H73N5O9. The van der Waals surface area contributed by atoms with Crippen molar-refractivity contribution in [2.45, 2.75) is 116 Å². The minimum atomic E-state index is -0.544. The first-order valence-corrected chi connectivity index (χ1v) is 26.4. The highest BCUT2D eigenvalue weighted by molar-refractivity contribution is 5.94. The maximum absolute atomic E-state index is 13.9. The molecule has 4 aromatic rings. The van der Waals surface area contributed by atoms with Gasteiger partial charge in [-0.15, -0.1) is 0 Å². The first-order valence-electron chi connectivity index (χ1n) is 26.4. The standard InChI is InChI=1S/C59H73N5O9/c1-38(2)47(35-56(67)71-5)58(69)62-27-7-9-51(62)53(65)33-40-11-15-43(16-12-40)49-24-25-50(64(49)46-22-19-42(20-23-46)45-21-26-55(60-37-45)61-29-31-73-32-30-61)44-17-13-41(14-18-44)34-54(66)52-10-8-28-63(52)59(70)48(39(3)4)36-57(68)72-6/h11-23,26,37-39,47-52H,7-10,24-25,27-36H2,1-6H3/t47-,48-,49+,50+,51-,52-/m0/s1. The number of likely N-dealkylation sites (tertiary alicyclic amines) is 2. The summed E-state index contributed by atoms with van der Waals surface area (Å²) < 4.78 is 15.3. The maximum Gasteiger partial charge on any atom is 0.306 e. The minimum Gasteiger partial charge on any atom is -0.469 e. The lowest BCUT2D eigenvalue weighted by Gasteiger charge is -2.34. The van der Waals surface area contributed by atoms with E-state index in [-0.39, 0.29) is 73.0 Å². The van der Waals surface area contributed by atoms with E-state index in [2.05, 4.69) is 70.5 Å². The summed E-state index contributed by atoms with van der Waals surface area (Å²) in [5.74, 6) is -1.46. The van der Waals surface area contributed by atoms with Crippen LogP contribution in [0.4, 0.5) is 11.5 Å². The molecule has 2 amide bonds. The molecule has 4 aliphatic rings. The topological polar surface area (TPSA) is 156 Å². The lowest BCUT2D eigenvalue weighted by atomic mass is 9.90. The Labute approximate surface area is 430 Å². The molecule has 3 aromatic carbocycles. The van der Waals surface area contributed by atoms with E-state index in [1.54, 1.807) is 9.80 Å². The third-order valence-electron chi connectivity index (χ3n) is 15.7. The fraction of sp³-hybridized carbons (Fsp3) is 0.508. The van der Waals surface area contributed by atoms with Crippen LogP contribution >= 0.6 is 0 Å². The number of nitrogens with zero attached hydrogens (tertiary/aromatic N) is 5. The van der Waals surface area contributed by atoms with Crippen LogP contribution in [0.2, 0.25) is 0 Å². The zero-order chi connectivity index (χ0) is 51.8. The number of ether oxygens (including phenoxy) is 3. The molecular weight excluding hydrogens is 923 g/mol. The van der Waals surface area contributed by atoms with E-state index in [4.69, 9.17) is 19.2 Å². The van der Waals surface area contributed by atoms with Gasteiger partial charge in [0.1, 0.15) is 5.82 Å². The van der Waals surface area contributed by atoms with Gasteiger partial charge in [0.2, 0.25) is 11.8 Å². The van der Waals surface area contributed by atoms with Crippen molar-refractivity contribution in [2.75, 3.05) is 63.4 Å². The molecule has 0 aliphatic carbocycles. The maximum atomic E-state index is 13.9. The molecule has 0 spiro atoms. The summed E-state index contributed by atoms with van der Waals surface area (Å²) in [5.41, 5.74) is 7.21. The van der Waals surface area contributed by atoms with Crippen LogP contribution in [-0.4, -0.2) is 116 Å². The van der Waals surface area contributed by atoms with Crippen LogP contribution in [0.3, 0.4) is 0 Å². The van der Waals surface area contributed by atoms with E-state index in [9.17, 15) is 28.8 Å². The molecule has 4 aliphatic heterocycles. The van der Waals surface area contributed by atoms with Gasteiger partial charge in [-0.05, 0) is 102 Å². The zero-order valence-corrected chi connectivity index (χ0v) is 43.5. The van der Waals surface area contributed by atoms with Gasteiger partial charge in [-0.2, -0.15) is 0 Å². The molecule has 4 fully saturated rings. The molecule has 0 radical (unpaired) electrons. The van der Waals surface area contributed by atoms with Crippen molar-refractivity contribution in [3.63, 3.8) is 0 Å². The summed E-state index contributed by atoms with van der Waals surface area (Å²) in [6.45, 7) is 11.7. The number of anilines is 2. The van der Waals surface area contributed by atoms with Crippen LogP contribution in [-0.2, 0) is 55.8 Å². The number of ketones is 2. The highest BCUT2D eigenvalue weighted by Gasteiger charge is 2.41. The van der Waals surface area contributed by atoms with Crippen LogP contribution in [0.25, 0.3) is 11.1 Å². The van der Waals surface area contributed by atoms with E-state index in [1.807, 2.05) is 58.2 Å². The Bertz CT molecular complexity index is 2430. The molecule has 0 N–H and O–H groups in total. The Balaban J connectivity index is 0.996. The second kappa shape index (κ2) is 24.1. The van der Waals surface area contributed by atoms with Crippen molar-refractivity contribution in [3.8, 4) is 11.1 Å². The number of esters is 2. The minimum absolute atomic E-state index is 0.00219. The van der Waals surface area contributed by atoms with Crippen molar-refractivity contribution in [1.82, 2.24) is 14.8 Å². The van der Waals surface area contributed by atoms with Gasteiger partial charge in [0.15, 0.2) is 11.6 Å². The monoisotopic (exact) mass is 996 g/mol. The van der Waals surface area contributed by atoms with Crippen LogP contribution in [0.5, 0.6) is 0 Å². The molecule has 388 valence electrons. The van der Waals surface area contributed by atoms with Gasteiger partial charge in [0.05, 0.1) is 76.3 Å².